The molecular weight excluding hydrogens is 330 g/mol. The maximum atomic E-state index is 11.7. The Morgan fingerprint density at radius 2 is 2.21 bits per heavy atom. The van der Waals surface area contributed by atoms with E-state index in [0.29, 0.717) is 23.2 Å². The molecule has 3 rings (SSSR count). The van der Waals surface area contributed by atoms with Gasteiger partial charge < -0.3 is 10.8 Å². The fraction of sp³-hybridized carbons (Fsp3) is 0.133. The number of nitrogen functional groups attached to an aromatic ring is 1. The van der Waals surface area contributed by atoms with Crippen LogP contribution >= 0.6 is 11.3 Å². The van der Waals surface area contributed by atoms with E-state index in [1.54, 1.807) is 6.07 Å². The van der Waals surface area contributed by atoms with Gasteiger partial charge in [-0.2, -0.15) is 0 Å². The van der Waals surface area contributed by atoms with Crippen LogP contribution in [0.2, 0.25) is 0 Å². The Morgan fingerprint density at radius 3 is 2.92 bits per heavy atom. The van der Waals surface area contributed by atoms with Crippen LogP contribution in [0.4, 0.5) is 5.95 Å². The first kappa shape index (κ1) is 15.8. The third kappa shape index (κ3) is 3.46. The third-order valence-electron chi connectivity index (χ3n) is 3.17. The summed E-state index contributed by atoms with van der Waals surface area (Å²) in [5, 5.41) is 9.59. The molecule has 8 nitrogen and oxygen atoms in total. The number of thiazole rings is 1. The number of nitrogens with two attached hydrogens (primary N) is 1. The van der Waals surface area contributed by atoms with Crippen molar-refractivity contribution in [3.63, 3.8) is 0 Å². The van der Waals surface area contributed by atoms with Crippen molar-refractivity contribution < 1.29 is 9.90 Å². The molecule has 0 fully saturated rings. The van der Waals surface area contributed by atoms with E-state index in [2.05, 4.69) is 19.9 Å². The minimum atomic E-state index is -1.05. The second kappa shape index (κ2) is 6.59. The van der Waals surface area contributed by atoms with Crippen molar-refractivity contribution in [1.82, 2.24) is 19.9 Å². The average Bonchev–Trinajstić information content (AvgIpc) is 2.95. The maximum absolute atomic E-state index is 11.7. The van der Waals surface area contributed by atoms with Crippen LogP contribution in [0.1, 0.15) is 27.5 Å². The predicted molar refractivity (Wildman–Crippen MR) is 91.0 cm³/mol. The second-order valence-electron chi connectivity index (χ2n) is 4.94. The van der Waals surface area contributed by atoms with E-state index < -0.39 is 5.97 Å². The number of pyridine rings is 1. The first-order valence-corrected chi connectivity index (χ1v) is 7.85. The monoisotopic (exact) mass is 343 g/mol. The molecule has 0 amide bonds. The molecule has 0 bridgehead atoms. The number of H-pyrrole nitrogens is 1. The Hall–Kier alpha value is -3.07. The van der Waals surface area contributed by atoms with Crippen molar-refractivity contribution in [3.05, 3.63) is 51.0 Å². The Morgan fingerprint density at radius 1 is 1.38 bits per heavy atom. The Balaban J connectivity index is 1.64. The Kier molecular flexibility index (Phi) is 4.34. The van der Waals surface area contributed by atoms with E-state index in [1.165, 1.54) is 23.6 Å². The number of aromatic nitrogens is 4. The number of anilines is 1. The quantitative estimate of drug-likeness (QED) is 0.641. The van der Waals surface area contributed by atoms with Gasteiger partial charge in [-0.3, -0.25) is 9.78 Å². The summed E-state index contributed by atoms with van der Waals surface area (Å²) in [6.45, 7) is 0. The number of allylic oxidation sites excluding steroid dienone is 1. The molecule has 122 valence electrons. The number of fused-ring (bicyclic) bond motifs is 1. The van der Waals surface area contributed by atoms with Crippen LogP contribution in [0.15, 0.2) is 29.2 Å². The van der Waals surface area contributed by atoms with Crippen LogP contribution in [0.5, 0.6) is 0 Å². The maximum Gasteiger partial charge on any atom is 0.354 e. The van der Waals surface area contributed by atoms with Crippen LogP contribution in [0, 0.1) is 0 Å². The lowest BCUT2D eigenvalue weighted by Gasteiger charge is -1.95. The number of carboxylic acids is 1. The van der Waals surface area contributed by atoms with E-state index >= 15 is 0 Å². The van der Waals surface area contributed by atoms with Crippen LogP contribution < -0.4 is 11.3 Å². The molecule has 0 aliphatic carbocycles. The number of nitrogens with zero attached hydrogens (tertiary/aromatic N) is 3. The summed E-state index contributed by atoms with van der Waals surface area (Å²) in [6.07, 6.45) is 6.68. The lowest BCUT2D eigenvalue weighted by Crippen LogP contribution is -2.10. The van der Waals surface area contributed by atoms with Gasteiger partial charge in [-0.1, -0.05) is 29.6 Å². The van der Waals surface area contributed by atoms with Crippen molar-refractivity contribution >= 4 is 39.7 Å². The van der Waals surface area contributed by atoms with Gasteiger partial charge in [0.05, 0.1) is 5.01 Å². The lowest BCUT2D eigenvalue weighted by atomic mass is 10.2. The van der Waals surface area contributed by atoms with Gasteiger partial charge in [0.1, 0.15) is 5.69 Å². The summed E-state index contributed by atoms with van der Waals surface area (Å²) in [4.78, 5) is 37.6. The molecule has 4 N–H and O–H groups in total. The van der Waals surface area contributed by atoms with E-state index in [9.17, 15) is 9.59 Å². The van der Waals surface area contributed by atoms with Crippen molar-refractivity contribution in [2.75, 3.05) is 5.73 Å². The van der Waals surface area contributed by atoms with Gasteiger partial charge in [-0.15, -0.1) is 0 Å². The van der Waals surface area contributed by atoms with Crippen molar-refractivity contribution in [2.24, 2.45) is 0 Å². The molecule has 0 aliphatic rings. The molecule has 0 saturated carbocycles. The molecule has 0 aliphatic heterocycles. The molecular formula is C15H13N5O3S. The molecule has 0 aromatic carbocycles. The van der Waals surface area contributed by atoms with Crippen molar-refractivity contribution in [1.29, 1.82) is 0 Å². The minimum Gasteiger partial charge on any atom is -0.477 e. The lowest BCUT2D eigenvalue weighted by molar-refractivity contribution is 0.0690. The van der Waals surface area contributed by atoms with Gasteiger partial charge in [0, 0.05) is 12.6 Å². The molecule has 0 radical (unpaired) electrons. The fourth-order valence-electron chi connectivity index (χ4n) is 2.06. The van der Waals surface area contributed by atoms with Crippen LogP contribution in [-0.4, -0.2) is 31.0 Å². The highest BCUT2D eigenvalue weighted by Gasteiger charge is 2.09. The molecule has 9 heteroatoms. The van der Waals surface area contributed by atoms with E-state index in [0.717, 1.165) is 10.6 Å². The highest BCUT2D eigenvalue weighted by molar-refractivity contribution is 7.18. The standard InChI is InChI=1S/C15H13N5O3S/c16-15-19-12(21)11-13(20-15)24-10(18-11)4-2-1-3-8-5-6-9(14(22)23)17-7-8/h1,3,5-7H,2,4H2,(H,22,23)(H3,16,19,20,21)/b3-1+. The summed E-state index contributed by atoms with van der Waals surface area (Å²) in [5.74, 6) is -0.967. The van der Waals surface area contributed by atoms with Crippen molar-refractivity contribution in [3.8, 4) is 0 Å². The number of aromatic carboxylic acids is 1. The first-order valence-electron chi connectivity index (χ1n) is 7.04. The number of aryl methyl sites for hydroxylation is 1. The van der Waals surface area contributed by atoms with Crippen LogP contribution in [-0.2, 0) is 6.42 Å². The molecule has 0 unspecified atom stereocenters. The third-order valence-corrected chi connectivity index (χ3v) is 4.18. The zero-order valence-electron chi connectivity index (χ0n) is 12.4. The summed E-state index contributed by atoms with van der Waals surface area (Å²) >= 11 is 1.34. The zero-order chi connectivity index (χ0) is 17.1. The topological polar surface area (TPSA) is 135 Å². The molecule has 3 aromatic rings. The number of hydrogen-bond acceptors (Lipinski definition) is 7. The van der Waals surface area contributed by atoms with Gasteiger partial charge in [-0.05, 0) is 18.1 Å². The molecule has 0 atom stereocenters. The zero-order valence-corrected chi connectivity index (χ0v) is 13.2. The molecule has 3 aromatic heterocycles. The molecule has 3 heterocycles. The number of hydrogen-bond donors (Lipinski definition) is 3. The number of aromatic amines is 1. The highest BCUT2D eigenvalue weighted by atomic mass is 32.1. The van der Waals surface area contributed by atoms with Gasteiger partial charge in [0.25, 0.3) is 5.56 Å². The SMILES string of the molecule is Nc1nc2sc(CC/C=C/c3ccc(C(=O)O)nc3)nc2c(=O)[nH]1. The van der Waals surface area contributed by atoms with E-state index in [4.69, 9.17) is 10.8 Å². The van der Waals surface area contributed by atoms with E-state index in [-0.39, 0.29) is 17.2 Å². The molecule has 24 heavy (non-hydrogen) atoms. The van der Waals surface area contributed by atoms with Gasteiger partial charge >= 0.3 is 5.97 Å². The minimum absolute atomic E-state index is 0.0126. The molecule has 0 saturated heterocycles. The summed E-state index contributed by atoms with van der Waals surface area (Å²) in [7, 11) is 0. The second-order valence-corrected chi connectivity index (χ2v) is 6.00. The fourth-order valence-corrected chi connectivity index (χ4v) is 3.01. The van der Waals surface area contributed by atoms with Gasteiger partial charge in [0.15, 0.2) is 10.3 Å². The number of carbonyl (C=O) groups is 1. The summed E-state index contributed by atoms with van der Waals surface area (Å²) in [5.41, 5.74) is 6.31. The predicted octanol–water partition coefficient (Wildman–Crippen LogP) is 1.70. The number of nitrogens with one attached hydrogen (secondary N) is 1. The first-order chi connectivity index (χ1) is 11.5. The Labute approximate surface area is 139 Å². The average molecular weight is 343 g/mol. The summed E-state index contributed by atoms with van der Waals surface area (Å²) in [6, 6.07) is 3.15. The van der Waals surface area contributed by atoms with Gasteiger partial charge in [0.2, 0.25) is 5.95 Å². The summed E-state index contributed by atoms with van der Waals surface area (Å²) < 4.78 is 0. The largest absolute Gasteiger partial charge is 0.477 e. The van der Waals surface area contributed by atoms with Crippen molar-refractivity contribution in [2.45, 2.75) is 12.8 Å². The Bertz CT molecular complexity index is 975. The van der Waals surface area contributed by atoms with E-state index in [1.807, 2.05) is 12.2 Å². The number of rotatable bonds is 5. The highest BCUT2D eigenvalue weighted by Crippen LogP contribution is 2.19. The number of carboxylic acid groups (broad SMARTS) is 1. The van der Waals surface area contributed by atoms with Gasteiger partial charge in [-0.25, -0.2) is 19.7 Å². The normalized spacial score (nSPS) is 11.3. The van der Waals surface area contributed by atoms with Crippen LogP contribution in [0.25, 0.3) is 16.4 Å². The van der Waals surface area contributed by atoms with Crippen LogP contribution in [0.3, 0.4) is 0 Å². The smallest absolute Gasteiger partial charge is 0.354 e. The molecule has 0 spiro atoms.